The summed E-state index contributed by atoms with van der Waals surface area (Å²) in [7, 11) is 0. The lowest BCUT2D eigenvalue weighted by atomic mass is 10.0. The zero-order valence-electron chi connectivity index (χ0n) is 30.8. The molecule has 0 bridgehead atoms. The van der Waals surface area contributed by atoms with Crippen LogP contribution in [0, 0.1) is 5.82 Å². The lowest BCUT2D eigenvalue weighted by Crippen LogP contribution is -2.54. The number of likely N-dealkylation sites (tertiary alicyclic amines) is 1. The number of rotatable bonds is 14. The van der Waals surface area contributed by atoms with Crippen molar-refractivity contribution >= 4 is 70.3 Å². The number of halogens is 3. The van der Waals surface area contributed by atoms with Gasteiger partial charge in [-0.3, -0.25) is 38.9 Å². The standard InChI is InChI=1S/C40H40Cl2FN7O6S/c41-28-8-9-29(43)36(42)26(28)14-17-56-31-19-23(20-45-37(31)44)24-21-46-49(22-24)25-12-15-48(16-13-25)34(52)7-2-1-3-18-57-32-6-4-5-27-35(32)40(55)50(39(27)54)30-10-11-33(51)47-38(30)53/h4-6,8-9,19-22,25,30H,1-3,7,10-18H2,(H2,44,45)(H,47,51,53)/t30-/m1/s1. The van der Waals surface area contributed by atoms with Gasteiger partial charge in [-0.05, 0) is 73.8 Å². The first-order chi connectivity index (χ1) is 27.5. The number of carbonyl (C=O) groups is 5. The summed E-state index contributed by atoms with van der Waals surface area (Å²) in [4.78, 5) is 71.4. The van der Waals surface area contributed by atoms with Crippen molar-refractivity contribution in [2.45, 2.75) is 74.8 Å². The highest BCUT2D eigenvalue weighted by atomic mass is 35.5. The van der Waals surface area contributed by atoms with Crippen molar-refractivity contribution in [3.63, 3.8) is 0 Å². The third-order valence-corrected chi connectivity index (χ3v) is 12.4. The summed E-state index contributed by atoms with van der Waals surface area (Å²) >= 11 is 13.8. The number of nitrogen functional groups attached to an aromatic ring is 1. The molecule has 3 N–H and O–H groups in total. The second-order valence-electron chi connectivity index (χ2n) is 14.1. The van der Waals surface area contributed by atoms with Crippen LogP contribution in [0.5, 0.6) is 5.75 Å². The highest BCUT2D eigenvalue weighted by Crippen LogP contribution is 2.35. The Bertz CT molecular complexity index is 2230. The van der Waals surface area contributed by atoms with E-state index < -0.39 is 35.5 Å². The van der Waals surface area contributed by atoms with Crippen LogP contribution in [-0.2, 0) is 20.8 Å². The Morgan fingerprint density at radius 3 is 2.60 bits per heavy atom. The minimum absolute atomic E-state index is 0.0331. The van der Waals surface area contributed by atoms with E-state index in [2.05, 4.69) is 15.4 Å². The smallest absolute Gasteiger partial charge is 0.263 e. The second-order valence-corrected chi connectivity index (χ2v) is 16.1. The lowest BCUT2D eigenvalue weighted by molar-refractivity contribution is -0.136. The van der Waals surface area contributed by atoms with Crippen molar-refractivity contribution < 1.29 is 33.1 Å². The van der Waals surface area contributed by atoms with Crippen molar-refractivity contribution in [2.24, 2.45) is 0 Å². The third-order valence-electron chi connectivity index (χ3n) is 10.5. The molecule has 0 radical (unpaired) electrons. The number of carbonyl (C=O) groups excluding carboxylic acids is 5. The van der Waals surface area contributed by atoms with Gasteiger partial charge >= 0.3 is 0 Å². The number of pyridine rings is 1. The lowest BCUT2D eigenvalue weighted by Gasteiger charge is -2.32. The molecule has 3 aliphatic heterocycles. The molecular formula is C40H40Cl2FN7O6S. The van der Waals surface area contributed by atoms with Crippen LogP contribution in [0.2, 0.25) is 10.0 Å². The topological polar surface area (TPSA) is 170 Å². The fourth-order valence-electron chi connectivity index (χ4n) is 7.36. The molecule has 2 aromatic carbocycles. The molecule has 0 spiro atoms. The van der Waals surface area contributed by atoms with Crippen molar-refractivity contribution in [1.82, 2.24) is 29.9 Å². The van der Waals surface area contributed by atoms with Gasteiger partial charge in [0.1, 0.15) is 11.9 Å². The van der Waals surface area contributed by atoms with E-state index in [0.717, 1.165) is 48.1 Å². The number of nitrogens with one attached hydrogen (secondary N) is 1. The molecule has 0 unspecified atom stereocenters. The van der Waals surface area contributed by atoms with Crippen LogP contribution in [-0.4, -0.2) is 85.6 Å². The summed E-state index contributed by atoms with van der Waals surface area (Å²) in [5.74, 6) is -1.21. The van der Waals surface area contributed by atoms with Crippen LogP contribution in [0.1, 0.15) is 83.7 Å². The maximum atomic E-state index is 13.9. The fraction of sp³-hybridized carbons (Fsp3) is 0.375. The molecule has 57 heavy (non-hydrogen) atoms. The quantitative estimate of drug-likeness (QED) is 0.0618. The molecule has 7 rings (SSSR count). The van der Waals surface area contributed by atoms with Crippen LogP contribution in [0.3, 0.4) is 0 Å². The zero-order valence-corrected chi connectivity index (χ0v) is 33.2. The monoisotopic (exact) mass is 835 g/mol. The summed E-state index contributed by atoms with van der Waals surface area (Å²) in [6, 6.07) is 8.71. The van der Waals surface area contributed by atoms with E-state index >= 15 is 0 Å². The maximum Gasteiger partial charge on any atom is 0.263 e. The molecule has 17 heteroatoms. The number of piperidine rings is 2. The predicted molar refractivity (Wildman–Crippen MR) is 213 cm³/mol. The molecule has 5 amide bonds. The Labute approximate surface area is 342 Å². The summed E-state index contributed by atoms with van der Waals surface area (Å²) in [6.45, 7) is 1.43. The number of unbranched alkanes of at least 4 members (excludes halogenated alkanes) is 2. The Hall–Kier alpha value is -4.99. The number of nitrogens with two attached hydrogens (primary N) is 1. The van der Waals surface area contributed by atoms with Gasteiger partial charge in [-0.25, -0.2) is 9.37 Å². The number of fused-ring (bicyclic) bond motifs is 1. The molecule has 298 valence electrons. The second kappa shape index (κ2) is 17.7. The van der Waals surface area contributed by atoms with Crippen molar-refractivity contribution in [1.29, 1.82) is 0 Å². The Morgan fingerprint density at radius 1 is 1.00 bits per heavy atom. The van der Waals surface area contributed by atoms with Gasteiger partial charge in [0.05, 0.1) is 35.0 Å². The number of benzene rings is 2. The first-order valence-corrected chi connectivity index (χ1v) is 20.5. The van der Waals surface area contributed by atoms with E-state index in [9.17, 15) is 28.4 Å². The van der Waals surface area contributed by atoms with Gasteiger partial charge < -0.3 is 15.4 Å². The Kier molecular flexibility index (Phi) is 12.5. The number of amides is 5. The SMILES string of the molecule is Nc1ncc(-c2cnn(C3CCN(C(=O)CCCCCSc4cccc5c4C(=O)N([C@@H]4CCC(=O)NC4=O)C5=O)CC3)c2)cc1OCCc1c(Cl)ccc(F)c1Cl. The molecule has 0 saturated carbocycles. The van der Waals surface area contributed by atoms with Crippen LogP contribution < -0.4 is 15.8 Å². The number of thioether (sulfide) groups is 1. The maximum absolute atomic E-state index is 13.9. The van der Waals surface area contributed by atoms with Crippen molar-refractivity contribution in [2.75, 3.05) is 31.2 Å². The summed E-state index contributed by atoms with van der Waals surface area (Å²) in [5.41, 5.74) is 8.71. The number of imide groups is 2. The van der Waals surface area contributed by atoms with Gasteiger partial charge in [0.25, 0.3) is 11.8 Å². The van der Waals surface area contributed by atoms with Crippen molar-refractivity contribution in [3.05, 3.63) is 87.5 Å². The molecule has 2 saturated heterocycles. The van der Waals surface area contributed by atoms with Crippen LogP contribution >= 0.6 is 35.0 Å². The zero-order chi connectivity index (χ0) is 40.2. The fourth-order valence-corrected chi connectivity index (χ4v) is 9.00. The van der Waals surface area contributed by atoms with E-state index in [1.807, 2.05) is 15.8 Å². The van der Waals surface area contributed by atoms with Gasteiger partial charge in [-0.1, -0.05) is 35.7 Å². The van der Waals surface area contributed by atoms with Crippen molar-refractivity contribution in [3.8, 4) is 16.9 Å². The Balaban J connectivity index is 0.833. The van der Waals surface area contributed by atoms with E-state index in [1.54, 1.807) is 36.7 Å². The first-order valence-electron chi connectivity index (χ1n) is 18.8. The highest BCUT2D eigenvalue weighted by molar-refractivity contribution is 7.99. The minimum atomic E-state index is -1.00. The van der Waals surface area contributed by atoms with Gasteiger partial charge in [0, 0.05) is 65.8 Å². The average Bonchev–Trinajstić information content (AvgIpc) is 3.80. The molecule has 4 aromatic rings. The van der Waals surface area contributed by atoms with Crippen LogP contribution in [0.4, 0.5) is 10.2 Å². The van der Waals surface area contributed by atoms with Crippen LogP contribution in [0.15, 0.2) is 59.9 Å². The van der Waals surface area contributed by atoms with Gasteiger partial charge in [-0.15, -0.1) is 11.8 Å². The number of anilines is 1. The summed E-state index contributed by atoms with van der Waals surface area (Å²) < 4.78 is 21.7. The molecule has 13 nitrogen and oxygen atoms in total. The highest BCUT2D eigenvalue weighted by Gasteiger charge is 2.45. The predicted octanol–water partition coefficient (Wildman–Crippen LogP) is 6.51. The van der Waals surface area contributed by atoms with E-state index in [1.165, 1.54) is 23.9 Å². The van der Waals surface area contributed by atoms with Gasteiger partial charge in [0.2, 0.25) is 17.7 Å². The molecule has 3 aliphatic rings. The number of hydrogen-bond donors (Lipinski definition) is 2. The number of nitrogens with zero attached hydrogens (tertiary/aromatic N) is 5. The summed E-state index contributed by atoms with van der Waals surface area (Å²) in [5, 5.41) is 7.15. The van der Waals surface area contributed by atoms with Gasteiger partial charge in [-0.2, -0.15) is 5.10 Å². The number of hydrogen-bond acceptors (Lipinski definition) is 10. The van der Waals surface area contributed by atoms with E-state index in [4.69, 9.17) is 33.7 Å². The summed E-state index contributed by atoms with van der Waals surface area (Å²) in [6.07, 6.45) is 10.2. The Morgan fingerprint density at radius 2 is 1.81 bits per heavy atom. The third kappa shape index (κ3) is 8.80. The minimum Gasteiger partial charge on any atom is -0.489 e. The van der Waals surface area contributed by atoms with Crippen LogP contribution in [0.25, 0.3) is 11.1 Å². The van der Waals surface area contributed by atoms with Gasteiger partial charge in [0.15, 0.2) is 11.6 Å². The van der Waals surface area contributed by atoms with E-state index in [0.29, 0.717) is 52.1 Å². The largest absolute Gasteiger partial charge is 0.489 e. The molecular weight excluding hydrogens is 796 g/mol. The number of ether oxygens (including phenoxy) is 1. The molecule has 1 atom stereocenters. The molecule has 5 heterocycles. The first kappa shape index (κ1) is 40.2. The molecule has 2 aromatic heterocycles. The molecule has 2 fully saturated rings. The average molecular weight is 837 g/mol. The van der Waals surface area contributed by atoms with E-state index in [-0.39, 0.29) is 54.2 Å². The number of aromatic nitrogens is 3. The normalized spacial score (nSPS) is 17.3. The molecule has 0 aliphatic carbocycles.